The lowest BCUT2D eigenvalue weighted by Crippen LogP contribution is -2.24. The first kappa shape index (κ1) is 23.3. The molecule has 1 aromatic heterocycles. The van der Waals surface area contributed by atoms with Gasteiger partial charge in [0.25, 0.3) is 11.2 Å². The molecule has 0 radical (unpaired) electrons. The highest BCUT2D eigenvalue weighted by atomic mass is 32.2. The third-order valence-corrected chi connectivity index (χ3v) is 5.38. The molecule has 1 amide bonds. The van der Waals surface area contributed by atoms with E-state index in [1.54, 1.807) is 24.3 Å². The van der Waals surface area contributed by atoms with Crippen LogP contribution in [0.25, 0.3) is 10.9 Å². The molecule has 12 heteroatoms. The number of amides is 1. The number of nitro benzene ring substituents is 1. The molecule has 0 fully saturated rings. The number of halogens is 3. The standard InChI is InChI=1S/C20H17F3N4O4S/c1-2-9-26-18(29)13-5-3-4-6-15(13)25-19(26)32-11-17(28)24-16-8-7-12(27(30)31)10-14(16)20(21,22)23/h3-8,10H,2,9,11H2,1H3,(H,24,28). The summed E-state index contributed by atoms with van der Waals surface area (Å²) < 4.78 is 41.3. The summed E-state index contributed by atoms with van der Waals surface area (Å²) in [5.41, 5.74) is -2.48. The Hall–Kier alpha value is -3.41. The van der Waals surface area contributed by atoms with Crippen LogP contribution in [0.5, 0.6) is 0 Å². The summed E-state index contributed by atoms with van der Waals surface area (Å²) in [5, 5.41) is 13.6. The fourth-order valence-corrected chi connectivity index (χ4v) is 3.81. The van der Waals surface area contributed by atoms with Gasteiger partial charge in [-0.2, -0.15) is 13.2 Å². The zero-order valence-electron chi connectivity index (χ0n) is 16.7. The summed E-state index contributed by atoms with van der Waals surface area (Å²) >= 11 is 0.915. The molecular weight excluding hydrogens is 449 g/mol. The molecule has 0 spiro atoms. The number of rotatable bonds is 7. The van der Waals surface area contributed by atoms with E-state index in [1.807, 2.05) is 6.92 Å². The summed E-state index contributed by atoms with van der Waals surface area (Å²) in [5.74, 6) is -1.09. The first-order valence-electron chi connectivity index (χ1n) is 9.39. The van der Waals surface area contributed by atoms with Crippen molar-refractivity contribution in [2.75, 3.05) is 11.1 Å². The summed E-state index contributed by atoms with van der Waals surface area (Å²) in [4.78, 5) is 39.4. The Bertz CT molecular complexity index is 1240. The maximum Gasteiger partial charge on any atom is 0.418 e. The number of para-hydroxylation sites is 1. The van der Waals surface area contributed by atoms with Gasteiger partial charge in [-0.15, -0.1) is 0 Å². The highest BCUT2D eigenvalue weighted by molar-refractivity contribution is 7.99. The van der Waals surface area contributed by atoms with Crippen LogP contribution in [0.4, 0.5) is 24.5 Å². The number of nitro groups is 1. The third-order valence-electron chi connectivity index (χ3n) is 4.40. The minimum absolute atomic E-state index is 0.268. The lowest BCUT2D eigenvalue weighted by molar-refractivity contribution is -0.385. The third kappa shape index (κ3) is 5.07. The normalized spacial score (nSPS) is 11.5. The molecule has 0 atom stereocenters. The van der Waals surface area contributed by atoms with E-state index in [4.69, 9.17) is 0 Å². The Morgan fingerprint density at radius 3 is 2.62 bits per heavy atom. The van der Waals surface area contributed by atoms with Crippen LogP contribution in [-0.4, -0.2) is 26.1 Å². The summed E-state index contributed by atoms with van der Waals surface area (Å²) in [6, 6.07) is 8.81. The summed E-state index contributed by atoms with van der Waals surface area (Å²) in [6.45, 7) is 2.23. The van der Waals surface area contributed by atoms with Crippen molar-refractivity contribution < 1.29 is 22.9 Å². The zero-order chi connectivity index (χ0) is 23.5. The zero-order valence-corrected chi connectivity index (χ0v) is 17.5. The van der Waals surface area contributed by atoms with E-state index in [9.17, 15) is 32.9 Å². The van der Waals surface area contributed by atoms with E-state index >= 15 is 0 Å². The number of aromatic nitrogens is 2. The smallest absolute Gasteiger partial charge is 0.325 e. The van der Waals surface area contributed by atoms with Crippen LogP contribution in [0.2, 0.25) is 0 Å². The van der Waals surface area contributed by atoms with Gasteiger partial charge < -0.3 is 5.32 Å². The fourth-order valence-electron chi connectivity index (χ4n) is 2.98. The molecule has 0 aliphatic carbocycles. The molecule has 1 N–H and O–H groups in total. The molecule has 32 heavy (non-hydrogen) atoms. The van der Waals surface area contributed by atoms with Gasteiger partial charge in [-0.05, 0) is 24.6 Å². The average Bonchev–Trinajstić information content (AvgIpc) is 2.74. The molecule has 3 rings (SSSR count). The van der Waals surface area contributed by atoms with Crippen LogP contribution in [0.1, 0.15) is 18.9 Å². The topological polar surface area (TPSA) is 107 Å². The Labute approximate surface area is 183 Å². The number of nitrogens with one attached hydrogen (secondary N) is 1. The molecule has 3 aromatic rings. The molecular formula is C20H17F3N4O4S. The second kappa shape index (κ2) is 9.39. The van der Waals surface area contributed by atoms with Gasteiger partial charge in [0.15, 0.2) is 5.16 Å². The first-order valence-corrected chi connectivity index (χ1v) is 10.4. The number of anilines is 1. The maximum atomic E-state index is 13.3. The Morgan fingerprint density at radius 2 is 1.97 bits per heavy atom. The average molecular weight is 466 g/mol. The molecule has 0 bridgehead atoms. The van der Waals surface area contributed by atoms with E-state index in [2.05, 4.69) is 10.3 Å². The van der Waals surface area contributed by atoms with Crippen molar-refractivity contribution in [1.29, 1.82) is 0 Å². The molecule has 168 valence electrons. The number of carbonyl (C=O) groups is 1. The molecule has 0 saturated carbocycles. The molecule has 8 nitrogen and oxygen atoms in total. The number of hydrogen-bond acceptors (Lipinski definition) is 6. The Kier molecular flexibility index (Phi) is 6.82. The van der Waals surface area contributed by atoms with Gasteiger partial charge in [-0.1, -0.05) is 30.8 Å². The lowest BCUT2D eigenvalue weighted by atomic mass is 10.1. The minimum Gasteiger partial charge on any atom is -0.325 e. The molecule has 0 aliphatic rings. The van der Waals surface area contributed by atoms with Crippen molar-refractivity contribution in [3.05, 3.63) is 68.5 Å². The highest BCUT2D eigenvalue weighted by Gasteiger charge is 2.35. The van der Waals surface area contributed by atoms with Crippen molar-refractivity contribution in [2.24, 2.45) is 0 Å². The van der Waals surface area contributed by atoms with Crippen LogP contribution in [0.3, 0.4) is 0 Å². The lowest BCUT2D eigenvalue weighted by Gasteiger charge is -2.14. The van der Waals surface area contributed by atoms with Gasteiger partial charge in [0.2, 0.25) is 5.91 Å². The number of hydrogen-bond donors (Lipinski definition) is 1. The number of non-ortho nitro benzene ring substituents is 1. The van der Waals surface area contributed by atoms with Gasteiger partial charge >= 0.3 is 6.18 Å². The molecule has 0 aliphatic heterocycles. The largest absolute Gasteiger partial charge is 0.418 e. The Balaban J connectivity index is 1.84. The second-order valence-electron chi connectivity index (χ2n) is 6.69. The van der Waals surface area contributed by atoms with Crippen molar-refractivity contribution in [3.63, 3.8) is 0 Å². The van der Waals surface area contributed by atoms with E-state index < -0.39 is 33.9 Å². The van der Waals surface area contributed by atoms with Crippen molar-refractivity contribution in [1.82, 2.24) is 9.55 Å². The predicted octanol–water partition coefficient (Wildman–Crippen LogP) is 4.46. The fraction of sp³-hybridized carbons (Fsp3) is 0.250. The van der Waals surface area contributed by atoms with Crippen molar-refractivity contribution in [2.45, 2.75) is 31.2 Å². The number of fused-ring (bicyclic) bond motifs is 1. The van der Waals surface area contributed by atoms with Gasteiger partial charge in [0.1, 0.15) is 0 Å². The number of carbonyl (C=O) groups excluding carboxylic acids is 1. The van der Waals surface area contributed by atoms with Crippen LogP contribution in [-0.2, 0) is 17.5 Å². The Morgan fingerprint density at radius 1 is 1.25 bits per heavy atom. The van der Waals surface area contributed by atoms with Crippen molar-refractivity contribution in [3.8, 4) is 0 Å². The van der Waals surface area contributed by atoms with Crippen LogP contribution in [0, 0.1) is 10.1 Å². The quantitative estimate of drug-likeness (QED) is 0.238. The van der Waals surface area contributed by atoms with Crippen LogP contribution >= 0.6 is 11.8 Å². The molecule has 1 heterocycles. The van der Waals surface area contributed by atoms with Gasteiger partial charge in [0.05, 0.1) is 32.8 Å². The SMILES string of the molecule is CCCn1c(SCC(=O)Nc2ccc([N+](=O)[O-])cc2C(F)(F)F)nc2ccccc2c1=O. The van der Waals surface area contributed by atoms with E-state index in [0.29, 0.717) is 29.9 Å². The number of benzene rings is 2. The van der Waals surface area contributed by atoms with Gasteiger partial charge in [-0.3, -0.25) is 24.3 Å². The van der Waals surface area contributed by atoms with E-state index in [0.717, 1.165) is 23.9 Å². The first-order chi connectivity index (χ1) is 15.1. The summed E-state index contributed by atoms with van der Waals surface area (Å²) in [6.07, 6.45) is -4.26. The molecule has 0 saturated heterocycles. The van der Waals surface area contributed by atoms with E-state index in [-0.39, 0.29) is 16.5 Å². The second-order valence-corrected chi connectivity index (χ2v) is 7.63. The number of alkyl halides is 3. The monoisotopic (exact) mass is 466 g/mol. The van der Waals surface area contributed by atoms with Gasteiger partial charge in [-0.25, -0.2) is 4.98 Å². The van der Waals surface area contributed by atoms with E-state index in [1.165, 1.54) is 4.57 Å². The number of thioether (sulfide) groups is 1. The van der Waals surface area contributed by atoms with Crippen molar-refractivity contribution >= 4 is 39.9 Å². The minimum atomic E-state index is -4.90. The van der Waals surface area contributed by atoms with Crippen LogP contribution in [0.15, 0.2) is 52.4 Å². The van der Waals surface area contributed by atoms with Gasteiger partial charge in [0, 0.05) is 18.7 Å². The molecule has 2 aromatic carbocycles. The molecule has 0 unspecified atom stereocenters. The predicted molar refractivity (Wildman–Crippen MR) is 114 cm³/mol. The van der Waals surface area contributed by atoms with Crippen LogP contribution < -0.4 is 10.9 Å². The number of nitrogens with zero attached hydrogens (tertiary/aromatic N) is 3. The maximum absolute atomic E-state index is 13.3. The summed E-state index contributed by atoms with van der Waals surface area (Å²) in [7, 11) is 0. The highest BCUT2D eigenvalue weighted by Crippen LogP contribution is 2.37.